The van der Waals surface area contributed by atoms with Crippen molar-refractivity contribution >= 4 is 17.5 Å². The van der Waals surface area contributed by atoms with E-state index in [1.807, 2.05) is 0 Å². The number of benzene rings is 1. The van der Waals surface area contributed by atoms with Crippen molar-refractivity contribution in [2.45, 2.75) is 20.4 Å². The molecule has 3 rings (SSSR count). The standard InChI is InChI=1S/C17H16FN5O2/c1-10-7-16(23-25-10)22-15-8-14(20-11(2)21-15)17(24)19-9-12-5-3-4-6-13(12)18/h3-8H,9H2,1-2H3,(H,19,24)(H,20,21,22,23). The van der Waals surface area contributed by atoms with Crippen LogP contribution in [0.4, 0.5) is 16.0 Å². The third-order valence-electron chi connectivity index (χ3n) is 3.35. The first-order valence-corrected chi connectivity index (χ1v) is 7.59. The van der Waals surface area contributed by atoms with E-state index in [1.54, 1.807) is 38.1 Å². The van der Waals surface area contributed by atoms with Gasteiger partial charge in [-0.2, -0.15) is 0 Å². The topological polar surface area (TPSA) is 92.9 Å². The number of aryl methyl sites for hydroxylation is 2. The molecule has 2 heterocycles. The fraction of sp³-hybridized carbons (Fsp3) is 0.176. The van der Waals surface area contributed by atoms with E-state index in [9.17, 15) is 9.18 Å². The number of amides is 1. The van der Waals surface area contributed by atoms with Crippen molar-refractivity contribution in [2.75, 3.05) is 5.32 Å². The third-order valence-corrected chi connectivity index (χ3v) is 3.35. The summed E-state index contributed by atoms with van der Waals surface area (Å²) in [6, 6.07) is 9.46. The highest BCUT2D eigenvalue weighted by Crippen LogP contribution is 2.15. The Bertz CT molecular complexity index is 910. The molecule has 128 valence electrons. The zero-order valence-electron chi connectivity index (χ0n) is 13.7. The average Bonchev–Trinajstić information content (AvgIpc) is 2.98. The SMILES string of the molecule is Cc1nc(Nc2cc(C)on2)cc(C(=O)NCc2ccccc2F)n1. The number of nitrogens with zero attached hydrogens (tertiary/aromatic N) is 3. The zero-order valence-corrected chi connectivity index (χ0v) is 13.7. The number of aromatic nitrogens is 3. The van der Waals surface area contributed by atoms with Crippen molar-refractivity contribution in [1.82, 2.24) is 20.4 Å². The molecule has 2 aromatic heterocycles. The molecule has 25 heavy (non-hydrogen) atoms. The van der Waals surface area contributed by atoms with E-state index in [0.29, 0.717) is 28.8 Å². The van der Waals surface area contributed by atoms with E-state index in [4.69, 9.17) is 4.52 Å². The van der Waals surface area contributed by atoms with Crippen LogP contribution in [0, 0.1) is 19.7 Å². The number of hydrogen-bond acceptors (Lipinski definition) is 6. The summed E-state index contributed by atoms with van der Waals surface area (Å²) in [5, 5.41) is 9.41. The molecule has 3 aromatic rings. The van der Waals surface area contributed by atoms with Crippen LogP contribution in [0.5, 0.6) is 0 Å². The molecule has 0 saturated carbocycles. The normalized spacial score (nSPS) is 10.5. The molecule has 0 aliphatic heterocycles. The maximum absolute atomic E-state index is 13.6. The second-order valence-corrected chi connectivity index (χ2v) is 5.41. The molecule has 0 bridgehead atoms. The van der Waals surface area contributed by atoms with Gasteiger partial charge in [0.25, 0.3) is 5.91 Å². The molecule has 7 nitrogen and oxygen atoms in total. The van der Waals surface area contributed by atoms with Crippen LogP contribution in [0.1, 0.15) is 27.6 Å². The van der Waals surface area contributed by atoms with Gasteiger partial charge >= 0.3 is 0 Å². The summed E-state index contributed by atoms with van der Waals surface area (Å²) in [5.41, 5.74) is 0.574. The number of anilines is 2. The van der Waals surface area contributed by atoms with Crippen molar-refractivity contribution in [3.8, 4) is 0 Å². The molecule has 0 fully saturated rings. The highest BCUT2D eigenvalue weighted by molar-refractivity contribution is 5.93. The molecule has 0 aliphatic rings. The first-order valence-electron chi connectivity index (χ1n) is 7.59. The lowest BCUT2D eigenvalue weighted by atomic mass is 10.2. The molecule has 1 amide bonds. The summed E-state index contributed by atoms with van der Waals surface area (Å²) >= 11 is 0. The van der Waals surface area contributed by atoms with E-state index >= 15 is 0 Å². The Morgan fingerprint density at radius 2 is 1.96 bits per heavy atom. The van der Waals surface area contributed by atoms with E-state index < -0.39 is 5.91 Å². The number of nitrogens with one attached hydrogen (secondary N) is 2. The van der Waals surface area contributed by atoms with Crippen LogP contribution in [0.3, 0.4) is 0 Å². The summed E-state index contributed by atoms with van der Waals surface area (Å²) in [6.07, 6.45) is 0. The second kappa shape index (κ2) is 7.08. The Labute approximate surface area is 143 Å². The number of hydrogen-bond donors (Lipinski definition) is 2. The van der Waals surface area contributed by atoms with E-state index in [0.717, 1.165) is 0 Å². The van der Waals surface area contributed by atoms with E-state index in [2.05, 4.69) is 25.8 Å². The number of carbonyl (C=O) groups excluding carboxylic acids is 1. The fourth-order valence-corrected chi connectivity index (χ4v) is 2.21. The van der Waals surface area contributed by atoms with Crippen molar-refractivity contribution in [2.24, 2.45) is 0 Å². The van der Waals surface area contributed by atoms with Gasteiger partial charge in [0.2, 0.25) is 0 Å². The second-order valence-electron chi connectivity index (χ2n) is 5.41. The van der Waals surface area contributed by atoms with E-state index in [-0.39, 0.29) is 18.1 Å². The van der Waals surface area contributed by atoms with Gasteiger partial charge in [-0.3, -0.25) is 4.79 Å². The lowest BCUT2D eigenvalue weighted by molar-refractivity contribution is 0.0945. The van der Waals surface area contributed by atoms with Crippen molar-refractivity contribution < 1.29 is 13.7 Å². The first kappa shape index (κ1) is 16.6. The minimum Gasteiger partial charge on any atom is -0.360 e. The maximum atomic E-state index is 13.6. The maximum Gasteiger partial charge on any atom is 0.270 e. The van der Waals surface area contributed by atoms with Gasteiger partial charge in [0.1, 0.15) is 28.9 Å². The van der Waals surface area contributed by atoms with Crippen LogP contribution in [0.2, 0.25) is 0 Å². The number of halogens is 1. The minimum atomic E-state index is -0.423. The molecule has 0 atom stereocenters. The average molecular weight is 341 g/mol. The van der Waals surface area contributed by atoms with Gasteiger partial charge in [-0.05, 0) is 19.9 Å². The van der Waals surface area contributed by atoms with Crippen molar-refractivity contribution in [3.63, 3.8) is 0 Å². The third kappa shape index (κ3) is 4.17. The van der Waals surface area contributed by atoms with Gasteiger partial charge in [0, 0.05) is 24.2 Å². The van der Waals surface area contributed by atoms with Crippen LogP contribution < -0.4 is 10.6 Å². The van der Waals surface area contributed by atoms with Crippen LogP contribution in [0.15, 0.2) is 40.9 Å². The fourth-order valence-electron chi connectivity index (χ4n) is 2.21. The summed E-state index contributed by atoms with van der Waals surface area (Å²) in [5.74, 6) is 1.17. The molecule has 1 aromatic carbocycles. The highest BCUT2D eigenvalue weighted by Gasteiger charge is 2.12. The van der Waals surface area contributed by atoms with Gasteiger partial charge in [-0.25, -0.2) is 14.4 Å². The smallest absolute Gasteiger partial charge is 0.270 e. The molecule has 2 N–H and O–H groups in total. The van der Waals surface area contributed by atoms with Gasteiger partial charge in [0.05, 0.1) is 0 Å². The molecule has 0 unspecified atom stereocenters. The van der Waals surface area contributed by atoms with Crippen LogP contribution in [0.25, 0.3) is 0 Å². The Morgan fingerprint density at radius 1 is 1.16 bits per heavy atom. The van der Waals surface area contributed by atoms with Crippen LogP contribution >= 0.6 is 0 Å². The van der Waals surface area contributed by atoms with Gasteiger partial charge < -0.3 is 15.2 Å². The first-order chi connectivity index (χ1) is 12.0. The molecule has 0 radical (unpaired) electrons. The Balaban J connectivity index is 1.72. The lowest BCUT2D eigenvalue weighted by Gasteiger charge is -2.08. The van der Waals surface area contributed by atoms with Crippen LogP contribution in [-0.4, -0.2) is 21.0 Å². The number of rotatable bonds is 5. The van der Waals surface area contributed by atoms with Crippen molar-refractivity contribution in [1.29, 1.82) is 0 Å². The number of carbonyl (C=O) groups is 1. The van der Waals surface area contributed by atoms with E-state index in [1.165, 1.54) is 12.1 Å². The molecule has 0 saturated heterocycles. The summed E-state index contributed by atoms with van der Waals surface area (Å²) in [7, 11) is 0. The largest absolute Gasteiger partial charge is 0.360 e. The summed E-state index contributed by atoms with van der Waals surface area (Å²) in [6.45, 7) is 3.51. The minimum absolute atomic E-state index is 0.0692. The Morgan fingerprint density at radius 3 is 2.68 bits per heavy atom. The predicted molar refractivity (Wildman–Crippen MR) is 88.9 cm³/mol. The van der Waals surface area contributed by atoms with Crippen LogP contribution in [-0.2, 0) is 6.54 Å². The quantitative estimate of drug-likeness (QED) is 0.741. The Kier molecular flexibility index (Phi) is 4.69. The van der Waals surface area contributed by atoms with Gasteiger partial charge in [-0.15, -0.1) is 0 Å². The molecule has 0 spiro atoms. The predicted octanol–water partition coefficient (Wildman–Crippen LogP) is 2.89. The molecule has 8 heteroatoms. The monoisotopic (exact) mass is 341 g/mol. The highest BCUT2D eigenvalue weighted by atomic mass is 19.1. The zero-order chi connectivity index (χ0) is 17.8. The van der Waals surface area contributed by atoms with Gasteiger partial charge in [0.15, 0.2) is 5.82 Å². The summed E-state index contributed by atoms with van der Waals surface area (Å²) in [4.78, 5) is 20.6. The molecular weight excluding hydrogens is 325 g/mol. The van der Waals surface area contributed by atoms with Gasteiger partial charge in [-0.1, -0.05) is 23.4 Å². The summed E-state index contributed by atoms with van der Waals surface area (Å²) < 4.78 is 18.6. The van der Waals surface area contributed by atoms with Crippen molar-refractivity contribution in [3.05, 3.63) is 65.1 Å². The molecular formula is C17H16FN5O2. The Hall–Kier alpha value is -3.29. The molecule has 0 aliphatic carbocycles. The lowest BCUT2D eigenvalue weighted by Crippen LogP contribution is -2.25.